The zero-order valence-corrected chi connectivity index (χ0v) is 12.8. The summed E-state index contributed by atoms with van der Waals surface area (Å²) in [7, 11) is 0. The maximum atomic E-state index is 13.4. The van der Waals surface area contributed by atoms with E-state index >= 15 is 0 Å². The zero-order valence-electron chi connectivity index (χ0n) is 10.5. The first-order valence-electron chi connectivity index (χ1n) is 5.93. The molecule has 2 N–H and O–H groups in total. The van der Waals surface area contributed by atoms with E-state index in [-0.39, 0.29) is 11.1 Å². The molecule has 1 unspecified atom stereocenters. The minimum absolute atomic E-state index is 0.157. The van der Waals surface area contributed by atoms with E-state index in [1.54, 1.807) is 12.1 Å². The largest absolute Gasteiger partial charge is 0.324 e. The summed E-state index contributed by atoms with van der Waals surface area (Å²) >= 11 is 9.43. The molecule has 1 nitrogen and oxygen atoms in total. The van der Waals surface area contributed by atoms with E-state index in [2.05, 4.69) is 15.9 Å². The standard InChI is InChI=1S/C15H14BrClFN/c1-9-5-6-10(7-12(9)16)14(19)8-11-3-2-4-13(18)15(11)17/h2-7,14H,8,19H2,1H3. The lowest BCUT2D eigenvalue weighted by Gasteiger charge is -2.14. The van der Waals surface area contributed by atoms with Crippen LogP contribution in [-0.2, 0) is 6.42 Å². The molecule has 0 bridgehead atoms. The molecule has 0 saturated carbocycles. The third-order valence-corrected chi connectivity index (χ3v) is 4.37. The van der Waals surface area contributed by atoms with Crippen LogP contribution in [0, 0.1) is 12.7 Å². The zero-order chi connectivity index (χ0) is 14.0. The highest BCUT2D eigenvalue weighted by Crippen LogP contribution is 2.26. The van der Waals surface area contributed by atoms with Gasteiger partial charge in [-0.05, 0) is 42.2 Å². The summed E-state index contributed by atoms with van der Waals surface area (Å²) in [5, 5.41) is 0.157. The van der Waals surface area contributed by atoms with Gasteiger partial charge in [0.15, 0.2) is 0 Å². The molecule has 2 rings (SSSR count). The molecule has 2 aromatic rings. The quantitative estimate of drug-likeness (QED) is 0.852. The first-order chi connectivity index (χ1) is 8.99. The number of halogens is 3. The summed E-state index contributed by atoms with van der Waals surface area (Å²) in [6, 6.07) is 10.6. The van der Waals surface area contributed by atoms with Crippen molar-refractivity contribution in [3.8, 4) is 0 Å². The summed E-state index contributed by atoms with van der Waals surface area (Å²) < 4.78 is 14.4. The molecular weight excluding hydrogens is 329 g/mol. The second-order valence-corrected chi connectivity index (χ2v) is 5.76. The van der Waals surface area contributed by atoms with Crippen LogP contribution < -0.4 is 5.73 Å². The monoisotopic (exact) mass is 341 g/mol. The fraction of sp³-hybridized carbons (Fsp3) is 0.200. The molecule has 0 aliphatic rings. The number of hydrogen-bond donors (Lipinski definition) is 1. The average molecular weight is 343 g/mol. The molecule has 100 valence electrons. The molecule has 0 aliphatic carbocycles. The maximum absolute atomic E-state index is 13.4. The first kappa shape index (κ1) is 14.5. The van der Waals surface area contributed by atoms with Crippen LogP contribution in [0.4, 0.5) is 4.39 Å². The van der Waals surface area contributed by atoms with Gasteiger partial charge in [0.1, 0.15) is 5.82 Å². The van der Waals surface area contributed by atoms with Crippen molar-refractivity contribution in [3.05, 3.63) is 68.4 Å². The van der Waals surface area contributed by atoms with E-state index in [0.29, 0.717) is 6.42 Å². The highest BCUT2D eigenvalue weighted by molar-refractivity contribution is 9.10. The Morgan fingerprint density at radius 3 is 2.74 bits per heavy atom. The smallest absolute Gasteiger partial charge is 0.142 e. The Morgan fingerprint density at radius 2 is 2.05 bits per heavy atom. The van der Waals surface area contributed by atoms with Crippen LogP contribution in [0.25, 0.3) is 0 Å². The highest BCUT2D eigenvalue weighted by atomic mass is 79.9. The van der Waals surface area contributed by atoms with Crippen LogP contribution in [0.1, 0.15) is 22.7 Å². The summed E-state index contributed by atoms with van der Waals surface area (Å²) in [4.78, 5) is 0. The van der Waals surface area contributed by atoms with Gasteiger partial charge >= 0.3 is 0 Å². The van der Waals surface area contributed by atoms with Crippen molar-refractivity contribution < 1.29 is 4.39 Å². The van der Waals surface area contributed by atoms with Gasteiger partial charge in [0.2, 0.25) is 0 Å². The lowest BCUT2D eigenvalue weighted by atomic mass is 9.99. The Labute approximate surface area is 125 Å². The number of aryl methyl sites for hydroxylation is 1. The number of hydrogen-bond acceptors (Lipinski definition) is 1. The van der Waals surface area contributed by atoms with E-state index in [9.17, 15) is 4.39 Å². The van der Waals surface area contributed by atoms with Crippen molar-refractivity contribution in [1.29, 1.82) is 0 Å². The van der Waals surface area contributed by atoms with Crippen molar-refractivity contribution in [3.63, 3.8) is 0 Å². The second kappa shape index (κ2) is 6.04. The Bertz CT molecular complexity index is 601. The SMILES string of the molecule is Cc1ccc(C(N)Cc2cccc(F)c2Cl)cc1Br. The van der Waals surface area contributed by atoms with Crippen molar-refractivity contribution in [2.24, 2.45) is 5.73 Å². The lowest BCUT2D eigenvalue weighted by Crippen LogP contribution is -2.14. The molecular formula is C15H14BrClFN. The summed E-state index contributed by atoms with van der Waals surface area (Å²) in [5.41, 5.74) is 9.04. The van der Waals surface area contributed by atoms with Crippen LogP contribution >= 0.6 is 27.5 Å². The van der Waals surface area contributed by atoms with Crippen molar-refractivity contribution >= 4 is 27.5 Å². The van der Waals surface area contributed by atoms with E-state index in [4.69, 9.17) is 17.3 Å². The van der Waals surface area contributed by atoms with Crippen LogP contribution in [0.5, 0.6) is 0 Å². The average Bonchev–Trinajstić information content (AvgIpc) is 2.38. The van der Waals surface area contributed by atoms with Gasteiger partial charge in [-0.25, -0.2) is 4.39 Å². The van der Waals surface area contributed by atoms with Gasteiger partial charge in [-0.15, -0.1) is 0 Å². The van der Waals surface area contributed by atoms with Crippen LogP contribution in [0.2, 0.25) is 5.02 Å². The predicted octanol–water partition coefficient (Wildman–Crippen LogP) is 4.79. The van der Waals surface area contributed by atoms with E-state index < -0.39 is 5.82 Å². The summed E-state index contributed by atoms with van der Waals surface area (Å²) in [6.07, 6.45) is 0.506. The summed E-state index contributed by atoms with van der Waals surface area (Å²) in [6.45, 7) is 2.02. The van der Waals surface area contributed by atoms with E-state index in [0.717, 1.165) is 21.2 Å². The molecule has 1 atom stereocenters. The number of rotatable bonds is 3. The molecule has 0 amide bonds. The fourth-order valence-electron chi connectivity index (χ4n) is 1.90. The molecule has 0 spiro atoms. The van der Waals surface area contributed by atoms with Gasteiger partial charge in [0.25, 0.3) is 0 Å². The molecule has 0 radical (unpaired) electrons. The third kappa shape index (κ3) is 3.35. The molecule has 0 aliphatic heterocycles. The minimum Gasteiger partial charge on any atom is -0.324 e. The van der Waals surface area contributed by atoms with Crippen molar-refractivity contribution in [2.45, 2.75) is 19.4 Å². The molecule has 2 aromatic carbocycles. The molecule has 0 saturated heterocycles. The van der Waals surface area contributed by atoms with Crippen LogP contribution in [-0.4, -0.2) is 0 Å². The van der Waals surface area contributed by atoms with Crippen LogP contribution in [0.3, 0.4) is 0 Å². The summed E-state index contributed by atoms with van der Waals surface area (Å²) in [5.74, 6) is -0.406. The minimum atomic E-state index is -0.406. The first-order valence-corrected chi connectivity index (χ1v) is 7.10. The van der Waals surface area contributed by atoms with Gasteiger partial charge in [0.05, 0.1) is 5.02 Å². The lowest BCUT2D eigenvalue weighted by molar-refractivity contribution is 0.622. The van der Waals surface area contributed by atoms with E-state index in [1.165, 1.54) is 6.07 Å². The second-order valence-electron chi connectivity index (χ2n) is 4.53. The molecule has 0 heterocycles. The van der Waals surface area contributed by atoms with Gasteiger partial charge < -0.3 is 5.73 Å². The van der Waals surface area contributed by atoms with Crippen LogP contribution in [0.15, 0.2) is 40.9 Å². The Balaban J connectivity index is 2.23. The van der Waals surface area contributed by atoms with Crippen molar-refractivity contribution in [1.82, 2.24) is 0 Å². The molecule has 0 fully saturated rings. The van der Waals surface area contributed by atoms with Gasteiger partial charge in [-0.2, -0.15) is 0 Å². The van der Waals surface area contributed by atoms with Gasteiger partial charge in [0, 0.05) is 10.5 Å². The highest BCUT2D eigenvalue weighted by Gasteiger charge is 2.12. The number of benzene rings is 2. The normalized spacial score (nSPS) is 12.5. The Morgan fingerprint density at radius 1 is 1.32 bits per heavy atom. The van der Waals surface area contributed by atoms with Gasteiger partial charge in [-0.3, -0.25) is 0 Å². The van der Waals surface area contributed by atoms with Gasteiger partial charge in [-0.1, -0.05) is 51.8 Å². The molecule has 19 heavy (non-hydrogen) atoms. The molecule has 4 heteroatoms. The maximum Gasteiger partial charge on any atom is 0.142 e. The number of nitrogens with two attached hydrogens (primary N) is 1. The van der Waals surface area contributed by atoms with E-state index in [1.807, 2.05) is 25.1 Å². The predicted molar refractivity (Wildman–Crippen MR) is 80.9 cm³/mol. The third-order valence-electron chi connectivity index (χ3n) is 3.10. The molecule has 0 aromatic heterocycles. The van der Waals surface area contributed by atoms with Crippen molar-refractivity contribution in [2.75, 3.05) is 0 Å². The fourth-order valence-corrected chi connectivity index (χ4v) is 2.50. The Hall–Kier alpha value is -0.900. The topological polar surface area (TPSA) is 26.0 Å². The Kier molecular flexibility index (Phi) is 4.61.